The van der Waals surface area contributed by atoms with E-state index in [1.54, 1.807) is 0 Å². The molecule has 0 saturated heterocycles. The van der Waals surface area contributed by atoms with Crippen molar-refractivity contribution in [3.63, 3.8) is 0 Å². The normalized spacial score (nSPS) is 11.2. The van der Waals surface area contributed by atoms with Crippen LogP contribution in [0.25, 0.3) is 32.8 Å². The number of pyridine rings is 1. The molecule has 0 aliphatic carbocycles. The van der Waals surface area contributed by atoms with Crippen LogP contribution in [0.5, 0.6) is 0 Å². The summed E-state index contributed by atoms with van der Waals surface area (Å²) in [6.07, 6.45) is 0. The number of halogens is 1. The summed E-state index contributed by atoms with van der Waals surface area (Å²) in [4.78, 5) is 13.5. The number of nitrogens with zero attached hydrogens (tertiary/aromatic N) is 1. The summed E-state index contributed by atoms with van der Waals surface area (Å²) in [7, 11) is 0. The third-order valence-corrected chi connectivity index (χ3v) is 6.13. The molecule has 4 aromatic carbocycles. The number of hydrogen-bond donors (Lipinski definition) is 0. The van der Waals surface area contributed by atoms with E-state index in [2.05, 4.69) is 58.4 Å². The molecule has 0 bridgehead atoms. The lowest BCUT2D eigenvalue weighted by Crippen LogP contribution is -2.23. The molecular weight excluding hydrogens is 422 g/mol. The Labute approximate surface area is 177 Å². The zero-order chi connectivity index (χ0) is 19.8. The second-order valence-corrected chi connectivity index (χ2v) is 7.94. The minimum absolute atomic E-state index is 0.0239. The first-order valence-corrected chi connectivity index (χ1v) is 10.4. The Bertz CT molecular complexity index is 1400. The van der Waals surface area contributed by atoms with Crippen LogP contribution < -0.4 is 5.56 Å². The number of aromatic nitrogens is 1. The van der Waals surface area contributed by atoms with Gasteiger partial charge in [-0.3, -0.25) is 4.79 Å². The highest BCUT2D eigenvalue weighted by molar-refractivity contribution is 9.10. The minimum atomic E-state index is 0.0239. The van der Waals surface area contributed by atoms with Crippen molar-refractivity contribution < 1.29 is 0 Å². The van der Waals surface area contributed by atoms with Gasteiger partial charge in [-0.1, -0.05) is 84.9 Å². The number of benzene rings is 4. The average molecular weight is 440 g/mol. The average Bonchev–Trinajstić information content (AvgIpc) is 2.78. The molecule has 0 amide bonds. The second kappa shape index (κ2) is 7.34. The molecule has 5 aromatic rings. The maximum Gasteiger partial charge on any atom is 0.259 e. The van der Waals surface area contributed by atoms with Gasteiger partial charge in [-0.2, -0.15) is 0 Å². The minimum Gasteiger partial charge on any atom is -0.302 e. The zero-order valence-electron chi connectivity index (χ0n) is 15.7. The smallest absolute Gasteiger partial charge is 0.259 e. The van der Waals surface area contributed by atoms with Crippen molar-refractivity contribution >= 4 is 37.5 Å². The quantitative estimate of drug-likeness (QED) is 0.309. The first-order chi connectivity index (χ1) is 14.2. The molecule has 0 fully saturated rings. The summed E-state index contributed by atoms with van der Waals surface area (Å²) in [6.45, 7) is 0.519. The van der Waals surface area contributed by atoms with E-state index in [0.29, 0.717) is 6.54 Å². The van der Waals surface area contributed by atoms with Gasteiger partial charge in [0.05, 0.1) is 12.2 Å². The highest BCUT2D eigenvalue weighted by atomic mass is 79.9. The van der Waals surface area contributed by atoms with Gasteiger partial charge in [-0.05, 0) is 44.4 Å². The van der Waals surface area contributed by atoms with Crippen LogP contribution in [0.1, 0.15) is 5.56 Å². The van der Waals surface area contributed by atoms with Crippen molar-refractivity contribution in [1.29, 1.82) is 0 Å². The van der Waals surface area contributed by atoms with Crippen molar-refractivity contribution in [3.8, 4) is 11.3 Å². The van der Waals surface area contributed by atoms with Crippen LogP contribution in [0.2, 0.25) is 0 Å². The molecule has 0 aliphatic heterocycles. The van der Waals surface area contributed by atoms with E-state index in [-0.39, 0.29) is 5.56 Å². The summed E-state index contributed by atoms with van der Waals surface area (Å²) >= 11 is 3.82. The standard InChI is InChI=1S/C26H18BrNO/c27-24-22-12-6-7-13-23(22)26(29)28(17-18-8-2-1-3-9-18)25(24)21-15-14-19-10-4-5-11-20(19)16-21/h1-16H,17H2. The lowest BCUT2D eigenvalue weighted by Gasteiger charge is -2.18. The first kappa shape index (κ1) is 17.9. The predicted octanol–water partition coefficient (Wildman–Crippen LogP) is 6.63. The largest absolute Gasteiger partial charge is 0.302 e. The van der Waals surface area contributed by atoms with E-state index in [0.717, 1.165) is 37.5 Å². The van der Waals surface area contributed by atoms with E-state index in [1.165, 1.54) is 5.39 Å². The van der Waals surface area contributed by atoms with Crippen molar-refractivity contribution in [2.24, 2.45) is 0 Å². The van der Waals surface area contributed by atoms with Crippen LogP contribution in [0.4, 0.5) is 0 Å². The van der Waals surface area contributed by atoms with Gasteiger partial charge in [-0.15, -0.1) is 0 Å². The van der Waals surface area contributed by atoms with Gasteiger partial charge in [0.25, 0.3) is 5.56 Å². The second-order valence-electron chi connectivity index (χ2n) is 7.15. The van der Waals surface area contributed by atoms with Crippen LogP contribution in [-0.4, -0.2) is 4.57 Å². The summed E-state index contributed by atoms with van der Waals surface area (Å²) < 4.78 is 2.82. The van der Waals surface area contributed by atoms with Gasteiger partial charge >= 0.3 is 0 Å². The summed E-state index contributed by atoms with van der Waals surface area (Å²) in [6, 6.07) is 32.6. The summed E-state index contributed by atoms with van der Waals surface area (Å²) in [5.74, 6) is 0. The van der Waals surface area contributed by atoms with Gasteiger partial charge in [0, 0.05) is 20.8 Å². The molecule has 0 spiro atoms. The predicted molar refractivity (Wildman–Crippen MR) is 124 cm³/mol. The molecule has 2 nitrogen and oxygen atoms in total. The van der Waals surface area contributed by atoms with Gasteiger partial charge < -0.3 is 4.57 Å². The summed E-state index contributed by atoms with van der Waals surface area (Å²) in [5, 5.41) is 4.00. The monoisotopic (exact) mass is 439 g/mol. The lowest BCUT2D eigenvalue weighted by atomic mass is 10.0. The third-order valence-electron chi connectivity index (χ3n) is 5.32. The van der Waals surface area contributed by atoms with Crippen LogP contribution in [0.3, 0.4) is 0 Å². The molecule has 140 valence electrons. The fourth-order valence-corrected chi connectivity index (χ4v) is 4.68. The van der Waals surface area contributed by atoms with Crippen molar-refractivity contribution in [3.05, 3.63) is 117 Å². The Morgan fingerprint density at radius 3 is 2.14 bits per heavy atom. The van der Waals surface area contributed by atoms with E-state index in [4.69, 9.17) is 0 Å². The molecule has 1 aromatic heterocycles. The molecule has 0 aliphatic rings. The molecule has 0 N–H and O–H groups in total. The van der Waals surface area contributed by atoms with Crippen LogP contribution in [0.15, 0.2) is 106 Å². The first-order valence-electron chi connectivity index (χ1n) is 9.56. The number of hydrogen-bond acceptors (Lipinski definition) is 1. The van der Waals surface area contributed by atoms with Crippen molar-refractivity contribution in [1.82, 2.24) is 4.57 Å². The van der Waals surface area contributed by atoms with Gasteiger partial charge in [0.1, 0.15) is 0 Å². The molecule has 1 heterocycles. The topological polar surface area (TPSA) is 22.0 Å². The van der Waals surface area contributed by atoms with Crippen LogP contribution >= 0.6 is 15.9 Å². The van der Waals surface area contributed by atoms with E-state index in [9.17, 15) is 4.79 Å². The maximum atomic E-state index is 13.5. The molecule has 0 radical (unpaired) electrons. The Morgan fingerprint density at radius 2 is 1.34 bits per heavy atom. The highest BCUT2D eigenvalue weighted by Crippen LogP contribution is 2.34. The van der Waals surface area contributed by atoms with Crippen molar-refractivity contribution in [2.75, 3.05) is 0 Å². The molecule has 5 rings (SSSR count). The van der Waals surface area contributed by atoms with E-state index >= 15 is 0 Å². The van der Waals surface area contributed by atoms with E-state index < -0.39 is 0 Å². The van der Waals surface area contributed by atoms with Crippen molar-refractivity contribution in [2.45, 2.75) is 6.54 Å². The molecule has 3 heteroatoms. The highest BCUT2D eigenvalue weighted by Gasteiger charge is 2.17. The molecule has 0 atom stereocenters. The van der Waals surface area contributed by atoms with Gasteiger partial charge in [0.15, 0.2) is 0 Å². The molecular formula is C26H18BrNO. The number of rotatable bonds is 3. The Hall–Kier alpha value is -3.17. The van der Waals surface area contributed by atoms with Gasteiger partial charge in [-0.25, -0.2) is 0 Å². The lowest BCUT2D eigenvalue weighted by molar-refractivity contribution is 0.774. The fourth-order valence-electron chi connectivity index (χ4n) is 3.89. The molecule has 0 saturated carbocycles. The number of fused-ring (bicyclic) bond motifs is 2. The maximum absolute atomic E-state index is 13.5. The summed E-state index contributed by atoms with van der Waals surface area (Å²) in [5.41, 5.74) is 3.05. The van der Waals surface area contributed by atoms with Crippen LogP contribution in [-0.2, 0) is 6.54 Å². The zero-order valence-corrected chi connectivity index (χ0v) is 17.3. The van der Waals surface area contributed by atoms with E-state index in [1.807, 2.05) is 59.2 Å². The Balaban J connectivity index is 1.83. The third kappa shape index (κ3) is 3.18. The Kier molecular flexibility index (Phi) is 4.53. The van der Waals surface area contributed by atoms with Crippen LogP contribution in [0, 0.1) is 0 Å². The van der Waals surface area contributed by atoms with Gasteiger partial charge in [0.2, 0.25) is 0 Å². The molecule has 0 unspecified atom stereocenters. The SMILES string of the molecule is O=c1c2ccccc2c(Br)c(-c2ccc3ccccc3c2)n1Cc1ccccc1. The Morgan fingerprint density at radius 1 is 0.690 bits per heavy atom. The fraction of sp³-hybridized carbons (Fsp3) is 0.0385. The molecule has 29 heavy (non-hydrogen) atoms.